The fraction of sp³-hybridized carbons (Fsp3) is 0.360. The third kappa shape index (κ3) is 5.26. The van der Waals surface area contributed by atoms with Crippen LogP contribution < -0.4 is 21.7 Å². The molecule has 2 aromatic rings. The van der Waals surface area contributed by atoms with E-state index in [1.165, 1.54) is 0 Å². The average Bonchev–Trinajstić information content (AvgIpc) is 3.30. The molecule has 4 amide bonds. The van der Waals surface area contributed by atoms with Gasteiger partial charge in [0.1, 0.15) is 12.1 Å². The maximum absolute atomic E-state index is 12.7. The van der Waals surface area contributed by atoms with Gasteiger partial charge in [-0.25, -0.2) is 4.79 Å². The number of rotatable bonds is 7. The van der Waals surface area contributed by atoms with Crippen molar-refractivity contribution in [1.82, 2.24) is 25.7 Å². The van der Waals surface area contributed by atoms with Crippen LogP contribution >= 0.6 is 0 Å². The molecule has 0 bridgehead atoms. The Bertz CT molecular complexity index is 1150. The van der Waals surface area contributed by atoms with E-state index in [9.17, 15) is 14.4 Å². The lowest BCUT2D eigenvalue weighted by molar-refractivity contribution is -0.130. The van der Waals surface area contributed by atoms with E-state index in [-0.39, 0.29) is 11.5 Å². The highest BCUT2D eigenvalue weighted by Crippen LogP contribution is 2.31. The molecule has 1 aliphatic carbocycles. The van der Waals surface area contributed by atoms with Gasteiger partial charge < -0.3 is 16.4 Å². The number of carbonyl (C=O) groups excluding carboxylic acids is 3. The number of nitrogens with one attached hydrogen (secondary N) is 3. The van der Waals surface area contributed by atoms with Gasteiger partial charge in [0, 0.05) is 18.3 Å². The van der Waals surface area contributed by atoms with Crippen molar-refractivity contribution in [2.45, 2.75) is 51.4 Å². The third-order valence-electron chi connectivity index (χ3n) is 6.42. The minimum absolute atomic E-state index is 0.148. The molecule has 2 aliphatic rings. The van der Waals surface area contributed by atoms with E-state index in [1.807, 2.05) is 53.6 Å². The van der Waals surface area contributed by atoms with Crippen LogP contribution in [0.1, 0.15) is 38.3 Å². The molecule has 4 atom stereocenters. The van der Waals surface area contributed by atoms with Crippen molar-refractivity contribution in [2.24, 2.45) is 11.1 Å². The van der Waals surface area contributed by atoms with Gasteiger partial charge in [-0.2, -0.15) is 5.10 Å². The van der Waals surface area contributed by atoms with Gasteiger partial charge in [0.15, 0.2) is 0 Å². The zero-order valence-electron chi connectivity index (χ0n) is 19.3. The summed E-state index contributed by atoms with van der Waals surface area (Å²) in [6.07, 6.45) is 14.5. The Morgan fingerprint density at radius 1 is 1.32 bits per heavy atom. The molecule has 0 saturated carbocycles. The molecule has 1 saturated heterocycles. The predicted molar refractivity (Wildman–Crippen MR) is 128 cm³/mol. The molecule has 34 heavy (non-hydrogen) atoms. The summed E-state index contributed by atoms with van der Waals surface area (Å²) in [6, 6.07) is 4.46. The van der Waals surface area contributed by atoms with Gasteiger partial charge in [0.25, 0.3) is 0 Å². The van der Waals surface area contributed by atoms with Crippen LogP contribution in [-0.4, -0.2) is 39.7 Å². The molecule has 1 fully saturated rings. The first-order chi connectivity index (χ1) is 16.2. The molecule has 3 unspecified atom stereocenters. The summed E-state index contributed by atoms with van der Waals surface area (Å²) in [5.74, 6) is -1.19. The molecule has 1 aromatic heterocycles. The van der Waals surface area contributed by atoms with Crippen molar-refractivity contribution in [3.63, 3.8) is 0 Å². The number of hydrogen-bond donors (Lipinski definition) is 4. The lowest BCUT2D eigenvalue weighted by atomic mass is 9.81. The zero-order valence-corrected chi connectivity index (χ0v) is 19.3. The average molecular weight is 463 g/mol. The molecule has 0 spiro atoms. The first-order valence-corrected chi connectivity index (χ1v) is 11.4. The highest BCUT2D eigenvalue weighted by atomic mass is 16.2. The summed E-state index contributed by atoms with van der Waals surface area (Å²) >= 11 is 0. The van der Waals surface area contributed by atoms with Crippen LogP contribution in [0.3, 0.4) is 0 Å². The number of amides is 4. The largest absolute Gasteiger partial charge is 0.348 e. The monoisotopic (exact) mass is 462 g/mol. The number of urea groups is 1. The van der Waals surface area contributed by atoms with E-state index in [0.717, 1.165) is 36.1 Å². The number of aryl methyl sites for hydroxylation is 1. The smallest absolute Gasteiger partial charge is 0.322 e. The number of hydrogen-bond acceptors (Lipinski definition) is 5. The number of aromatic nitrogens is 2. The molecular formula is C25H30N6O3. The maximum Gasteiger partial charge on any atom is 0.322 e. The summed E-state index contributed by atoms with van der Waals surface area (Å²) in [4.78, 5) is 36.0. The molecule has 5 N–H and O–H groups in total. The lowest BCUT2D eigenvalue weighted by Gasteiger charge is -2.29. The van der Waals surface area contributed by atoms with E-state index in [2.05, 4.69) is 47.0 Å². The lowest BCUT2D eigenvalue weighted by Crippen LogP contribution is -2.68. The van der Waals surface area contributed by atoms with Gasteiger partial charge in [-0.1, -0.05) is 49.4 Å². The summed E-state index contributed by atoms with van der Waals surface area (Å²) < 4.78 is 1.96. The standard InChI is InChI=1S/C25H30N6O3/c1-16(28-23(33)21-20(26)22(32)30-24(34)29-21)17-7-6-8-18(13-17)19-14-27-31(15-19)12-11-25(2)9-4-3-5-10-25/h3-9,13-16,20-21H,10-12,26H2,1-2H3,(H,28,33)(H2,29,30,32,34)/t16-,20?,21?,25?/m1/s1. The van der Waals surface area contributed by atoms with Crippen molar-refractivity contribution in [2.75, 3.05) is 0 Å². The van der Waals surface area contributed by atoms with Gasteiger partial charge in [-0.3, -0.25) is 19.6 Å². The third-order valence-corrected chi connectivity index (χ3v) is 6.42. The second-order valence-electron chi connectivity index (χ2n) is 9.21. The van der Waals surface area contributed by atoms with Crippen LogP contribution in [0.2, 0.25) is 0 Å². The molecule has 1 aromatic carbocycles. The summed E-state index contributed by atoms with van der Waals surface area (Å²) in [5.41, 5.74) is 8.78. The van der Waals surface area contributed by atoms with E-state index < -0.39 is 29.9 Å². The second-order valence-corrected chi connectivity index (χ2v) is 9.21. The van der Waals surface area contributed by atoms with Crippen molar-refractivity contribution in [3.8, 4) is 11.1 Å². The van der Waals surface area contributed by atoms with Crippen LogP contribution in [0.25, 0.3) is 11.1 Å². The normalized spacial score (nSPS) is 24.9. The van der Waals surface area contributed by atoms with Crippen LogP contribution in [0.5, 0.6) is 0 Å². The fourth-order valence-electron chi connectivity index (χ4n) is 4.18. The molecular weight excluding hydrogens is 432 g/mol. The van der Waals surface area contributed by atoms with Crippen LogP contribution in [0.15, 0.2) is 61.0 Å². The molecule has 178 valence electrons. The SMILES string of the molecule is C[C@@H](NC(=O)C1NC(=O)NC(=O)C1N)c1cccc(-c2cnn(CCC3(C)C=CC=CC3)c2)c1. The highest BCUT2D eigenvalue weighted by molar-refractivity contribution is 6.05. The Morgan fingerprint density at radius 2 is 2.15 bits per heavy atom. The van der Waals surface area contributed by atoms with Crippen LogP contribution in [-0.2, 0) is 16.1 Å². The number of imide groups is 1. The predicted octanol–water partition coefficient (Wildman–Crippen LogP) is 2.18. The maximum atomic E-state index is 12.7. The fourth-order valence-corrected chi connectivity index (χ4v) is 4.18. The van der Waals surface area contributed by atoms with Gasteiger partial charge in [0.2, 0.25) is 11.8 Å². The number of carbonyl (C=O) groups is 3. The van der Waals surface area contributed by atoms with E-state index in [4.69, 9.17) is 5.73 Å². The van der Waals surface area contributed by atoms with Crippen molar-refractivity contribution >= 4 is 17.8 Å². The summed E-state index contributed by atoms with van der Waals surface area (Å²) in [7, 11) is 0. The van der Waals surface area contributed by atoms with Crippen LogP contribution in [0.4, 0.5) is 4.79 Å². The van der Waals surface area contributed by atoms with Crippen molar-refractivity contribution in [1.29, 1.82) is 0 Å². The second kappa shape index (κ2) is 9.64. The molecule has 9 nitrogen and oxygen atoms in total. The van der Waals surface area contributed by atoms with E-state index in [1.54, 1.807) is 0 Å². The van der Waals surface area contributed by atoms with Gasteiger partial charge in [0.05, 0.1) is 12.2 Å². The molecule has 2 heterocycles. The van der Waals surface area contributed by atoms with E-state index >= 15 is 0 Å². The van der Waals surface area contributed by atoms with Gasteiger partial charge >= 0.3 is 6.03 Å². The number of nitrogens with two attached hydrogens (primary N) is 1. The zero-order chi connectivity index (χ0) is 24.3. The molecule has 1 aliphatic heterocycles. The molecule has 0 radical (unpaired) electrons. The molecule has 4 rings (SSSR count). The van der Waals surface area contributed by atoms with Crippen molar-refractivity contribution < 1.29 is 14.4 Å². The Kier molecular flexibility index (Phi) is 6.65. The Labute approximate surface area is 198 Å². The highest BCUT2D eigenvalue weighted by Gasteiger charge is 2.37. The Morgan fingerprint density at radius 3 is 2.91 bits per heavy atom. The quantitative estimate of drug-likeness (QED) is 0.501. The number of allylic oxidation sites excluding steroid dienone is 4. The minimum Gasteiger partial charge on any atom is -0.348 e. The number of nitrogens with zero attached hydrogens (tertiary/aromatic N) is 2. The Hall–Kier alpha value is -3.72. The first-order valence-electron chi connectivity index (χ1n) is 11.4. The number of benzene rings is 1. The molecule has 9 heteroatoms. The van der Waals surface area contributed by atoms with E-state index in [0.29, 0.717) is 0 Å². The minimum atomic E-state index is -1.15. The topological polar surface area (TPSA) is 131 Å². The van der Waals surface area contributed by atoms with Gasteiger partial charge in [-0.05, 0) is 42.4 Å². The summed E-state index contributed by atoms with van der Waals surface area (Å²) in [6.45, 7) is 4.92. The Balaban J connectivity index is 1.40. The van der Waals surface area contributed by atoms with Crippen LogP contribution in [0, 0.1) is 5.41 Å². The first kappa shape index (κ1) is 23.4. The van der Waals surface area contributed by atoms with Gasteiger partial charge in [-0.15, -0.1) is 0 Å². The summed E-state index contributed by atoms with van der Waals surface area (Å²) in [5, 5.41) is 11.8. The van der Waals surface area contributed by atoms with Crippen molar-refractivity contribution in [3.05, 3.63) is 66.5 Å².